The second kappa shape index (κ2) is 8.88. The number of aliphatic hydroxyl groups is 2. The van der Waals surface area contributed by atoms with E-state index in [0.29, 0.717) is 24.0 Å². The lowest BCUT2D eigenvalue weighted by molar-refractivity contribution is -0.0583. The van der Waals surface area contributed by atoms with Crippen molar-refractivity contribution in [3.8, 4) is 0 Å². The molecular formula is C24H24F3N3O2. The van der Waals surface area contributed by atoms with Gasteiger partial charge >= 0.3 is 0 Å². The zero-order valence-corrected chi connectivity index (χ0v) is 17.5. The summed E-state index contributed by atoms with van der Waals surface area (Å²) < 4.78 is 42.7. The Morgan fingerprint density at radius 1 is 1.25 bits per heavy atom. The Labute approximate surface area is 183 Å². The molecule has 1 aliphatic rings. The zero-order valence-electron chi connectivity index (χ0n) is 17.5. The Hall–Kier alpha value is -2.97. The first-order valence-corrected chi connectivity index (χ1v) is 10.5. The average Bonchev–Trinajstić information content (AvgIpc) is 2.79. The highest BCUT2D eigenvalue weighted by Crippen LogP contribution is 2.35. The molecule has 1 aromatic heterocycles. The molecule has 1 aliphatic carbocycles. The lowest BCUT2D eigenvalue weighted by Crippen LogP contribution is -2.22. The van der Waals surface area contributed by atoms with Gasteiger partial charge in [0.15, 0.2) is 0 Å². The molecule has 0 saturated heterocycles. The fraction of sp³-hybridized carbons (Fsp3) is 0.333. The first kappa shape index (κ1) is 22.2. The van der Waals surface area contributed by atoms with E-state index in [1.165, 1.54) is 18.3 Å². The summed E-state index contributed by atoms with van der Waals surface area (Å²) in [6.45, 7) is 0.199. The molecule has 4 rings (SSSR count). The van der Waals surface area contributed by atoms with Gasteiger partial charge in [0.25, 0.3) is 5.92 Å². The van der Waals surface area contributed by atoms with Crippen LogP contribution in [0.1, 0.15) is 48.9 Å². The number of benzene rings is 2. The first-order valence-electron chi connectivity index (χ1n) is 10.5. The molecule has 1 heterocycles. The number of hydrogen-bond acceptors (Lipinski definition) is 5. The normalized spacial score (nSPS) is 17.8. The molecular weight excluding hydrogens is 419 g/mol. The monoisotopic (exact) mass is 443 g/mol. The van der Waals surface area contributed by atoms with Gasteiger partial charge in [-0.3, -0.25) is 0 Å². The number of alkyl halides is 2. The van der Waals surface area contributed by atoms with Crippen LogP contribution < -0.4 is 5.32 Å². The van der Waals surface area contributed by atoms with Crippen LogP contribution in [0.2, 0.25) is 0 Å². The van der Waals surface area contributed by atoms with Crippen LogP contribution >= 0.6 is 0 Å². The lowest BCUT2D eigenvalue weighted by Gasteiger charge is -2.21. The summed E-state index contributed by atoms with van der Waals surface area (Å²) in [4.78, 5) is 0. The second-order valence-electron chi connectivity index (χ2n) is 8.09. The summed E-state index contributed by atoms with van der Waals surface area (Å²) in [5.41, 5.74) is 2.60. The summed E-state index contributed by atoms with van der Waals surface area (Å²) in [6, 6.07) is 8.88. The number of nitrogens with one attached hydrogen (secondary N) is 1. The summed E-state index contributed by atoms with van der Waals surface area (Å²) in [5.74, 6) is -4.72. The second-order valence-corrected chi connectivity index (χ2v) is 8.09. The fourth-order valence-electron chi connectivity index (χ4n) is 4.02. The molecule has 8 heteroatoms. The van der Waals surface area contributed by atoms with Crippen molar-refractivity contribution in [1.82, 2.24) is 10.2 Å². The minimum Gasteiger partial charge on any atom is -0.393 e. The van der Waals surface area contributed by atoms with E-state index < -0.39 is 30.0 Å². The van der Waals surface area contributed by atoms with Crippen LogP contribution in [0.5, 0.6) is 0 Å². The third-order valence-electron chi connectivity index (χ3n) is 5.85. The van der Waals surface area contributed by atoms with Crippen LogP contribution in [0.4, 0.5) is 18.9 Å². The van der Waals surface area contributed by atoms with Crippen molar-refractivity contribution in [1.29, 1.82) is 0 Å². The van der Waals surface area contributed by atoms with Crippen molar-refractivity contribution in [3.63, 3.8) is 0 Å². The van der Waals surface area contributed by atoms with Crippen molar-refractivity contribution in [2.24, 2.45) is 0 Å². The predicted octanol–water partition coefficient (Wildman–Crippen LogP) is 4.95. The number of aromatic nitrogens is 2. The van der Waals surface area contributed by atoms with Gasteiger partial charge in [0.1, 0.15) is 12.4 Å². The van der Waals surface area contributed by atoms with E-state index in [-0.39, 0.29) is 11.7 Å². The Balaban J connectivity index is 1.67. The number of anilines is 1. The van der Waals surface area contributed by atoms with E-state index in [4.69, 9.17) is 5.11 Å². The molecule has 0 fully saturated rings. The summed E-state index contributed by atoms with van der Waals surface area (Å²) in [5, 5.41) is 30.8. The van der Waals surface area contributed by atoms with E-state index >= 15 is 0 Å². The Bertz CT molecular complexity index is 1170. The molecule has 168 valence electrons. The van der Waals surface area contributed by atoms with Crippen molar-refractivity contribution in [2.75, 3.05) is 11.9 Å². The van der Waals surface area contributed by atoms with E-state index in [0.717, 1.165) is 29.0 Å². The van der Waals surface area contributed by atoms with Gasteiger partial charge in [-0.15, -0.1) is 0 Å². The standard InChI is InChI=1S/C24H24F3N3O2/c1-14(18-3-2-4-20(23(18)25)24(26,27)13-31)29-22-12-28-30-21-10-7-16(11-19(21)22)15-5-8-17(32)9-6-15/h2-5,7,10-12,14,17,31-32H,6,8-9,13H2,1H3,(H,29,30)/t14-,17?/m1/s1. The number of rotatable bonds is 6. The molecule has 32 heavy (non-hydrogen) atoms. The quantitative estimate of drug-likeness (QED) is 0.502. The lowest BCUT2D eigenvalue weighted by atomic mass is 9.91. The number of fused-ring (bicyclic) bond motifs is 1. The summed E-state index contributed by atoms with van der Waals surface area (Å²) >= 11 is 0. The van der Waals surface area contributed by atoms with Crippen molar-refractivity contribution < 1.29 is 23.4 Å². The minimum absolute atomic E-state index is 0.0562. The van der Waals surface area contributed by atoms with Gasteiger partial charge in [0, 0.05) is 10.9 Å². The summed E-state index contributed by atoms with van der Waals surface area (Å²) in [7, 11) is 0. The molecule has 0 aliphatic heterocycles. The topological polar surface area (TPSA) is 78.3 Å². The third kappa shape index (κ3) is 4.33. The highest BCUT2D eigenvalue weighted by molar-refractivity contribution is 5.93. The van der Waals surface area contributed by atoms with Gasteiger partial charge in [-0.1, -0.05) is 24.3 Å². The molecule has 0 saturated carbocycles. The Morgan fingerprint density at radius 3 is 2.78 bits per heavy atom. The van der Waals surface area contributed by atoms with E-state index in [2.05, 4.69) is 15.5 Å². The molecule has 3 aromatic rings. The van der Waals surface area contributed by atoms with Crippen LogP contribution in [-0.2, 0) is 5.92 Å². The van der Waals surface area contributed by atoms with Crippen LogP contribution in [0.25, 0.3) is 16.5 Å². The van der Waals surface area contributed by atoms with Gasteiger partial charge in [0.05, 0.1) is 35.1 Å². The molecule has 5 nitrogen and oxygen atoms in total. The number of hydrogen-bond donors (Lipinski definition) is 3. The molecule has 0 bridgehead atoms. The highest BCUT2D eigenvalue weighted by Gasteiger charge is 2.35. The average molecular weight is 443 g/mol. The third-order valence-corrected chi connectivity index (χ3v) is 5.85. The van der Waals surface area contributed by atoms with Crippen LogP contribution in [0.3, 0.4) is 0 Å². The fourth-order valence-corrected chi connectivity index (χ4v) is 4.02. The van der Waals surface area contributed by atoms with Gasteiger partial charge in [-0.05, 0) is 55.5 Å². The molecule has 0 amide bonds. The largest absolute Gasteiger partial charge is 0.393 e. The number of allylic oxidation sites excluding steroid dienone is 1. The number of halogens is 3. The number of aliphatic hydroxyl groups excluding tert-OH is 2. The van der Waals surface area contributed by atoms with Crippen molar-refractivity contribution in [3.05, 3.63) is 71.2 Å². The number of nitrogens with zero attached hydrogens (tertiary/aromatic N) is 2. The molecule has 0 spiro atoms. The maximum atomic E-state index is 14.9. The maximum Gasteiger partial charge on any atom is 0.298 e. The van der Waals surface area contributed by atoms with Crippen LogP contribution in [0, 0.1) is 5.82 Å². The van der Waals surface area contributed by atoms with E-state index in [1.54, 1.807) is 6.92 Å². The minimum atomic E-state index is -3.67. The van der Waals surface area contributed by atoms with E-state index in [9.17, 15) is 18.3 Å². The van der Waals surface area contributed by atoms with Gasteiger partial charge in [-0.2, -0.15) is 19.0 Å². The molecule has 0 radical (unpaired) electrons. The van der Waals surface area contributed by atoms with Crippen molar-refractivity contribution >= 4 is 22.2 Å². The smallest absolute Gasteiger partial charge is 0.298 e. The molecule has 2 aromatic carbocycles. The SMILES string of the molecule is C[C@@H](Nc1cnnc2ccc(C3=CCC(O)CC3)cc12)c1cccc(C(F)(F)CO)c1F. The zero-order chi connectivity index (χ0) is 22.9. The summed E-state index contributed by atoms with van der Waals surface area (Å²) in [6.07, 6.45) is 5.31. The molecule has 1 unspecified atom stereocenters. The Kier molecular flexibility index (Phi) is 6.17. The maximum absolute atomic E-state index is 14.9. The predicted molar refractivity (Wildman–Crippen MR) is 117 cm³/mol. The van der Waals surface area contributed by atoms with Crippen LogP contribution in [-0.4, -0.2) is 33.1 Å². The van der Waals surface area contributed by atoms with Crippen molar-refractivity contribution in [2.45, 2.75) is 44.3 Å². The van der Waals surface area contributed by atoms with Gasteiger partial charge < -0.3 is 15.5 Å². The van der Waals surface area contributed by atoms with E-state index in [1.807, 2.05) is 24.3 Å². The molecule has 3 N–H and O–H groups in total. The first-order chi connectivity index (χ1) is 15.3. The highest BCUT2D eigenvalue weighted by atomic mass is 19.3. The molecule has 2 atom stereocenters. The Morgan fingerprint density at radius 2 is 2.06 bits per heavy atom. The van der Waals surface area contributed by atoms with Crippen LogP contribution in [0.15, 0.2) is 48.7 Å². The van der Waals surface area contributed by atoms with Gasteiger partial charge in [-0.25, -0.2) is 4.39 Å². The van der Waals surface area contributed by atoms with Gasteiger partial charge in [0.2, 0.25) is 0 Å².